The maximum absolute atomic E-state index is 13.7. The smallest absolute Gasteiger partial charge is 0.411 e. The lowest BCUT2D eigenvalue weighted by atomic mass is 9.94. The molecule has 3 heterocycles. The summed E-state index contributed by atoms with van der Waals surface area (Å²) >= 11 is 13.0. The fraction of sp³-hybridized carbons (Fsp3) is 0.0968. The molecule has 220 valence electrons. The van der Waals surface area contributed by atoms with Crippen molar-refractivity contribution >= 4 is 35.0 Å². The molecule has 11 nitrogen and oxygen atoms in total. The first-order valence-corrected chi connectivity index (χ1v) is 14.2. The second-order valence-corrected chi connectivity index (χ2v) is 10.6. The molecule has 44 heavy (non-hydrogen) atoms. The third-order valence-corrected chi connectivity index (χ3v) is 7.56. The van der Waals surface area contributed by atoms with Crippen LogP contribution < -0.4 is 10.0 Å². The summed E-state index contributed by atoms with van der Waals surface area (Å²) in [4.78, 5) is 19.6. The first-order valence-electron chi connectivity index (χ1n) is 13.4. The molecular formula is C31H24Cl2N8O3. The second kappa shape index (κ2) is 12.5. The molecule has 0 saturated heterocycles. The fourth-order valence-corrected chi connectivity index (χ4v) is 5.35. The standard InChI is InChI=1S/C31H24Cl2N8O3/c1-44-31(42)35-23-11-7-20(8-12-23)28-29(33)37-30(36-28)25(15-19-5-3-2-4-6-19)27-13-9-21(17-41(27)43)24-16-22(32)10-14-26(24)40-18-34-38-39-40/h2-14,16-18,25H,15H2,1H3,(H,35,42)(H,36,37)/t25-/m1/s1. The van der Waals surface area contributed by atoms with Crippen molar-refractivity contribution in [2.24, 2.45) is 0 Å². The van der Waals surface area contributed by atoms with Crippen molar-refractivity contribution < 1.29 is 14.3 Å². The summed E-state index contributed by atoms with van der Waals surface area (Å²) in [5, 5.41) is 28.6. The van der Waals surface area contributed by atoms with E-state index < -0.39 is 12.0 Å². The van der Waals surface area contributed by atoms with Crippen LogP contribution in [0.15, 0.2) is 97.5 Å². The number of imidazole rings is 1. The minimum absolute atomic E-state index is 0.325. The van der Waals surface area contributed by atoms with E-state index in [2.05, 4.69) is 30.6 Å². The lowest BCUT2D eigenvalue weighted by Gasteiger charge is -2.16. The number of H-pyrrole nitrogens is 1. The zero-order valence-corrected chi connectivity index (χ0v) is 24.7. The van der Waals surface area contributed by atoms with Gasteiger partial charge in [0.1, 0.15) is 28.9 Å². The molecule has 0 saturated carbocycles. The largest absolute Gasteiger partial charge is 0.618 e. The molecule has 0 spiro atoms. The SMILES string of the molecule is COC(=O)Nc1ccc(-c2nc([C@H](Cc3ccccc3)c3ccc(-c4cc(Cl)ccc4-n4cnnn4)c[n+]3[O-])[nH]c2Cl)cc1. The van der Waals surface area contributed by atoms with Crippen molar-refractivity contribution in [2.75, 3.05) is 12.4 Å². The lowest BCUT2D eigenvalue weighted by molar-refractivity contribution is -0.614. The first-order chi connectivity index (χ1) is 21.4. The Labute approximate surface area is 261 Å². The van der Waals surface area contributed by atoms with Gasteiger partial charge in [0.15, 0.2) is 6.20 Å². The highest BCUT2D eigenvalue weighted by molar-refractivity contribution is 6.32. The van der Waals surface area contributed by atoms with Crippen molar-refractivity contribution in [1.29, 1.82) is 0 Å². The zero-order valence-electron chi connectivity index (χ0n) is 23.2. The molecule has 6 aromatic rings. The summed E-state index contributed by atoms with van der Waals surface area (Å²) in [6.45, 7) is 0. The summed E-state index contributed by atoms with van der Waals surface area (Å²) in [6.07, 6.45) is 2.90. The van der Waals surface area contributed by atoms with Crippen LogP contribution in [-0.2, 0) is 11.2 Å². The van der Waals surface area contributed by atoms with E-state index >= 15 is 0 Å². The number of anilines is 1. The molecule has 0 aliphatic rings. The quantitative estimate of drug-likeness (QED) is 0.151. The number of hydrogen-bond acceptors (Lipinski definition) is 7. The number of tetrazole rings is 1. The number of pyridine rings is 1. The molecule has 0 unspecified atom stereocenters. The molecule has 0 fully saturated rings. The van der Waals surface area contributed by atoms with Gasteiger partial charge in [-0.3, -0.25) is 5.32 Å². The highest BCUT2D eigenvalue weighted by atomic mass is 35.5. The van der Waals surface area contributed by atoms with Gasteiger partial charge in [-0.1, -0.05) is 65.7 Å². The van der Waals surface area contributed by atoms with Crippen LogP contribution in [0, 0.1) is 5.21 Å². The van der Waals surface area contributed by atoms with E-state index in [0.29, 0.717) is 56.3 Å². The Hall–Kier alpha value is -5.26. The van der Waals surface area contributed by atoms with E-state index in [1.54, 1.807) is 48.5 Å². The summed E-state index contributed by atoms with van der Waals surface area (Å²) in [6, 6.07) is 25.8. The van der Waals surface area contributed by atoms with E-state index in [-0.39, 0.29) is 0 Å². The topological polar surface area (TPSA) is 138 Å². The van der Waals surface area contributed by atoms with Crippen molar-refractivity contribution in [3.8, 4) is 28.1 Å². The summed E-state index contributed by atoms with van der Waals surface area (Å²) in [7, 11) is 1.30. The molecule has 0 radical (unpaired) electrons. The average molecular weight is 627 g/mol. The van der Waals surface area contributed by atoms with Gasteiger partial charge in [0, 0.05) is 33.5 Å². The predicted molar refractivity (Wildman–Crippen MR) is 166 cm³/mol. The Balaban J connectivity index is 1.38. The second-order valence-electron chi connectivity index (χ2n) is 9.81. The van der Waals surface area contributed by atoms with Crippen LogP contribution in [0.1, 0.15) is 23.0 Å². The molecule has 3 aromatic heterocycles. The Kier molecular flexibility index (Phi) is 8.22. The number of halogens is 2. The number of aromatic amines is 1. The van der Waals surface area contributed by atoms with Crippen LogP contribution in [0.25, 0.3) is 28.1 Å². The molecule has 2 N–H and O–H groups in total. The molecule has 13 heteroatoms. The van der Waals surface area contributed by atoms with E-state index in [9.17, 15) is 10.0 Å². The minimum Gasteiger partial charge on any atom is -0.618 e. The Morgan fingerprint density at radius 1 is 1.05 bits per heavy atom. The van der Waals surface area contributed by atoms with E-state index in [0.717, 1.165) is 15.9 Å². The van der Waals surface area contributed by atoms with Gasteiger partial charge in [-0.25, -0.2) is 9.78 Å². The third kappa shape index (κ3) is 6.10. The van der Waals surface area contributed by atoms with Crippen LogP contribution in [0.4, 0.5) is 10.5 Å². The summed E-state index contributed by atoms with van der Waals surface area (Å²) < 4.78 is 7.00. The number of carbonyl (C=O) groups is 1. The zero-order chi connectivity index (χ0) is 30.6. The van der Waals surface area contributed by atoms with Gasteiger partial charge in [-0.2, -0.15) is 9.41 Å². The summed E-state index contributed by atoms with van der Waals surface area (Å²) in [5.74, 6) is 0.0638. The van der Waals surface area contributed by atoms with Gasteiger partial charge in [0.25, 0.3) is 0 Å². The Morgan fingerprint density at radius 3 is 2.52 bits per heavy atom. The maximum atomic E-state index is 13.7. The van der Waals surface area contributed by atoms with Gasteiger partial charge in [-0.15, -0.1) is 5.10 Å². The number of rotatable bonds is 8. The first kappa shape index (κ1) is 28.8. The van der Waals surface area contributed by atoms with Crippen LogP contribution in [-0.4, -0.2) is 43.4 Å². The highest BCUT2D eigenvalue weighted by Crippen LogP contribution is 2.34. The van der Waals surface area contributed by atoms with E-state index in [4.69, 9.17) is 28.2 Å². The van der Waals surface area contributed by atoms with Gasteiger partial charge in [0.2, 0.25) is 5.69 Å². The van der Waals surface area contributed by atoms with Crippen molar-refractivity contribution in [3.05, 3.63) is 130 Å². The monoisotopic (exact) mass is 626 g/mol. The number of amides is 1. The van der Waals surface area contributed by atoms with Crippen molar-refractivity contribution in [2.45, 2.75) is 12.3 Å². The molecule has 6 rings (SSSR count). The minimum atomic E-state index is -0.569. The molecule has 0 aliphatic carbocycles. The molecule has 0 bridgehead atoms. The van der Waals surface area contributed by atoms with Gasteiger partial charge in [0.05, 0.1) is 12.8 Å². The van der Waals surface area contributed by atoms with Gasteiger partial charge < -0.3 is 14.9 Å². The Bertz CT molecular complexity index is 1910. The van der Waals surface area contributed by atoms with E-state index in [1.165, 1.54) is 24.3 Å². The van der Waals surface area contributed by atoms with Gasteiger partial charge in [-0.05, 0) is 58.8 Å². The predicted octanol–water partition coefficient (Wildman–Crippen LogP) is 6.21. The van der Waals surface area contributed by atoms with Gasteiger partial charge >= 0.3 is 6.09 Å². The van der Waals surface area contributed by atoms with Crippen molar-refractivity contribution in [1.82, 2.24) is 30.2 Å². The number of aromatic nitrogens is 7. The molecule has 1 atom stereocenters. The highest BCUT2D eigenvalue weighted by Gasteiger charge is 2.28. The number of nitrogens with zero attached hydrogens (tertiary/aromatic N) is 6. The lowest BCUT2D eigenvalue weighted by Crippen LogP contribution is -2.34. The van der Waals surface area contributed by atoms with Crippen molar-refractivity contribution in [3.63, 3.8) is 0 Å². The molecular weight excluding hydrogens is 603 g/mol. The van der Waals surface area contributed by atoms with Crippen LogP contribution in [0.5, 0.6) is 0 Å². The molecule has 3 aromatic carbocycles. The Morgan fingerprint density at radius 2 is 1.82 bits per heavy atom. The number of carbonyl (C=O) groups excluding carboxylic acids is 1. The average Bonchev–Trinajstić information content (AvgIpc) is 3.71. The number of benzene rings is 3. The fourth-order valence-electron chi connectivity index (χ4n) is 4.93. The number of nitrogens with one attached hydrogen (secondary N) is 2. The molecule has 0 aliphatic heterocycles. The van der Waals surface area contributed by atoms with Crippen LogP contribution in [0.2, 0.25) is 10.2 Å². The maximum Gasteiger partial charge on any atom is 0.411 e. The van der Waals surface area contributed by atoms with Crippen LogP contribution >= 0.6 is 23.2 Å². The van der Waals surface area contributed by atoms with E-state index in [1.807, 2.05) is 36.4 Å². The number of ether oxygens (including phenoxy) is 1. The number of hydrogen-bond donors (Lipinski definition) is 2. The number of methoxy groups -OCH3 is 1. The van der Waals surface area contributed by atoms with Crippen LogP contribution in [0.3, 0.4) is 0 Å². The summed E-state index contributed by atoms with van der Waals surface area (Å²) in [5.41, 5.74) is 5.29. The normalized spacial score (nSPS) is 11.7. The third-order valence-electron chi connectivity index (χ3n) is 7.05. The molecule has 1 amide bonds.